The van der Waals surface area contributed by atoms with Gasteiger partial charge in [0.1, 0.15) is 0 Å². The first kappa shape index (κ1) is 33.4. The van der Waals surface area contributed by atoms with E-state index in [-0.39, 0.29) is 18.4 Å². The monoisotopic (exact) mass is 660 g/mol. The highest BCUT2D eigenvalue weighted by atomic mass is 79.9. The molecule has 0 saturated heterocycles. The summed E-state index contributed by atoms with van der Waals surface area (Å²) < 4.78 is 39.2. The normalized spacial score (nSPS) is 13.4. The van der Waals surface area contributed by atoms with Gasteiger partial charge in [0.2, 0.25) is 0 Å². The maximum atomic E-state index is 13.4. The molecule has 5 rings (SSSR count). The number of ether oxygens (including phenoxy) is 1. The van der Waals surface area contributed by atoms with Gasteiger partial charge in [0.15, 0.2) is 11.5 Å². The fraction of sp³-hybridized carbons (Fsp3) is 0.281. The van der Waals surface area contributed by atoms with Crippen molar-refractivity contribution in [1.29, 1.82) is 0 Å². The lowest BCUT2D eigenvalue weighted by molar-refractivity contribution is -0.275. The summed E-state index contributed by atoms with van der Waals surface area (Å²) in [5, 5.41) is 20.0. The summed E-state index contributed by atoms with van der Waals surface area (Å²) in [4.78, 5) is 26.7. The highest BCUT2D eigenvalue weighted by Gasteiger charge is 2.32. The maximum Gasteiger partial charge on any atom is 0.573 e. The van der Waals surface area contributed by atoms with Crippen molar-refractivity contribution in [1.82, 2.24) is 10.3 Å². The third-order valence-electron chi connectivity index (χ3n) is 6.75. The maximum absolute atomic E-state index is 13.4. The summed E-state index contributed by atoms with van der Waals surface area (Å²) in [6, 6.07) is 21.2. The smallest absolute Gasteiger partial charge is 0.504 e. The zero-order chi connectivity index (χ0) is 31.4. The zero-order valence-corrected chi connectivity index (χ0v) is 25.0. The molecule has 1 heterocycles. The van der Waals surface area contributed by atoms with Crippen molar-refractivity contribution in [2.75, 3.05) is 0 Å². The summed E-state index contributed by atoms with van der Waals surface area (Å²) in [6.07, 6.45) is 2.32. The minimum Gasteiger partial charge on any atom is -0.504 e. The molecule has 0 spiro atoms. The van der Waals surface area contributed by atoms with E-state index >= 15 is 0 Å². The van der Waals surface area contributed by atoms with Crippen LogP contribution in [0, 0.1) is 6.92 Å². The summed E-state index contributed by atoms with van der Waals surface area (Å²) in [7, 11) is 0. The summed E-state index contributed by atoms with van der Waals surface area (Å²) in [5.41, 5.74) is 4.44. The molecule has 3 aromatic carbocycles. The molecule has 1 aromatic heterocycles. The molecule has 1 saturated carbocycles. The van der Waals surface area contributed by atoms with E-state index in [0.29, 0.717) is 0 Å². The van der Waals surface area contributed by atoms with E-state index in [1.165, 1.54) is 37.8 Å². The number of fused-ring (bicyclic) bond motifs is 1. The number of carbonyl (C=O) groups is 2. The van der Waals surface area contributed by atoms with Crippen LogP contribution in [0.2, 0.25) is 0 Å². The van der Waals surface area contributed by atoms with Crippen LogP contribution in [0.5, 0.6) is 11.5 Å². The molecule has 1 amide bonds. The van der Waals surface area contributed by atoms with Crippen LogP contribution in [0.25, 0.3) is 22.2 Å². The van der Waals surface area contributed by atoms with Crippen molar-refractivity contribution < 1.29 is 37.7 Å². The molecule has 228 valence electrons. The third kappa shape index (κ3) is 9.99. The molecule has 0 bridgehead atoms. The largest absolute Gasteiger partial charge is 0.573 e. The first-order valence-electron chi connectivity index (χ1n) is 13.6. The Morgan fingerprint density at radius 1 is 1.00 bits per heavy atom. The van der Waals surface area contributed by atoms with Gasteiger partial charge in [0.05, 0.1) is 16.8 Å². The van der Waals surface area contributed by atoms with Crippen LogP contribution in [0.4, 0.5) is 13.2 Å². The van der Waals surface area contributed by atoms with Gasteiger partial charge in [0, 0.05) is 21.5 Å². The number of nitrogens with zero attached hydrogens (tertiary/aromatic N) is 1. The first-order valence-corrected chi connectivity index (χ1v) is 14.4. The lowest BCUT2D eigenvalue weighted by atomic mass is 9.96. The molecule has 4 aromatic rings. The van der Waals surface area contributed by atoms with Crippen LogP contribution in [-0.2, 0) is 4.79 Å². The van der Waals surface area contributed by atoms with Crippen LogP contribution >= 0.6 is 15.9 Å². The average molecular weight is 662 g/mol. The Kier molecular flexibility index (Phi) is 12.4. The van der Waals surface area contributed by atoms with Crippen molar-refractivity contribution in [3.8, 4) is 22.8 Å². The molecule has 0 aliphatic heterocycles. The second-order valence-corrected chi connectivity index (χ2v) is 10.7. The fourth-order valence-electron chi connectivity index (χ4n) is 4.85. The highest BCUT2D eigenvalue weighted by Crippen LogP contribution is 2.32. The van der Waals surface area contributed by atoms with E-state index < -0.39 is 17.9 Å². The Balaban J connectivity index is 0.000000282. The molecule has 7 nitrogen and oxygen atoms in total. The van der Waals surface area contributed by atoms with Crippen molar-refractivity contribution in [2.24, 2.45) is 0 Å². The molecule has 11 heteroatoms. The number of benzene rings is 3. The van der Waals surface area contributed by atoms with Gasteiger partial charge in [0.25, 0.3) is 12.4 Å². The third-order valence-corrected chi connectivity index (χ3v) is 7.24. The fourth-order valence-corrected chi connectivity index (χ4v) is 5.21. The van der Waals surface area contributed by atoms with Gasteiger partial charge in [-0.15, -0.1) is 13.2 Å². The van der Waals surface area contributed by atoms with Gasteiger partial charge >= 0.3 is 6.36 Å². The number of pyridine rings is 1. The number of carbonyl (C=O) groups excluding carboxylic acids is 1. The number of carboxylic acid groups (broad SMARTS) is 1. The second kappa shape index (κ2) is 15.9. The first-order chi connectivity index (χ1) is 20.5. The van der Waals surface area contributed by atoms with E-state index in [9.17, 15) is 18.0 Å². The Morgan fingerprint density at radius 3 is 2.21 bits per heavy atom. The topological polar surface area (TPSA) is 109 Å². The van der Waals surface area contributed by atoms with Crippen LogP contribution in [0.15, 0.2) is 77.3 Å². The lowest BCUT2D eigenvalue weighted by Gasteiger charge is -2.19. The Labute approximate surface area is 255 Å². The van der Waals surface area contributed by atoms with Gasteiger partial charge in [-0.1, -0.05) is 84.1 Å². The molecular weight excluding hydrogens is 629 g/mol. The standard InChI is InChI=1S/C24H25BrN2O.C7H5F3O2.CH2O2/c1-16-22(24(28)26-19-11-7-2-3-8-12-19)20-15-18(25)13-14-21(20)27-23(16)17-9-5-4-6-10-17;8-7(9,10)12-6-4-2-1-3-5(6)11;2-1-3/h4-6,9-10,13-15,19H,2-3,7-8,11-12H2,1H3,(H,26,28);1-4,11H;1H,(H,2,3). The summed E-state index contributed by atoms with van der Waals surface area (Å²) >= 11 is 3.55. The van der Waals surface area contributed by atoms with E-state index in [4.69, 9.17) is 20.0 Å². The number of hydrogen-bond acceptors (Lipinski definition) is 5. The van der Waals surface area contributed by atoms with E-state index in [1.54, 1.807) is 0 Å². The lowest BCUT2D eigenvalue weighted by Crippen LogP contribution is -2.35. The van der Waals surface area contributed by atoms with E-state index in [2.05, 4.69) is 26.0 Å². The Morgan fingerprint density at radius 2 is 1.60 bits per heavy atom. The number of phenolic OH excluding ortho intramolecular Hbond substituents is 1. The Bertz CT molecular complexity index is 1510. The number of aromatic nitrogens is 1. The minimum absolute atomic E-state index is 0.0204. The number of alkyl halides is 3. The Hall–Kier alpha value is -4.12. The zero-order valence-electron chi connectivity index (χ0n) is 23.4. The number of aromatic hydroxyl groups is 1. The number of halogens is 4. The van der Waals surface area contributed by atoms with Crippen LogP contribution in [0.3, 0.4) is 0 Å². The highest BCUT2D eigenvalue weighted by molar-refractivity contribution is 9.10. The molecule has 1 fully saturated rings. The van der Waals surface area contributed by atoms with Crippen molar-refractivity contribution in [3.05, 3.63) is 88.4 Å². The molecule has 1 aliphatic carbocycles. The molecule has 3 N–H and O–H groups in total. The summed E-state index contributed by atoms with van der Waals surface area (Å²) in [6.45, 7) is 1.76. The van der Waals surface area contributed by atoms with Crippen molar-refractivity contribution >= 4 is 39.2 Å². The van der Waals surface area contributed by atoms with Gasteiger partial charge in [-0.2, -0.15) is 0 Å². The van der Waals surface area contributed by atoms with Crippen molar-refractivity contribution in [3.63, 3.8) is 0 Å². The number of hydrogen-bond donors (Lipinski definition) is 3. The van der Waals surface area contributed by atoms with E-state index in [1.807, 2.05) is 55.5 Å². The average Bonchev–Trinajstić information content (AvgIpc) is 3.23. The van der Waals surface area contributed by atoms with Gasteiger partial charge in [-0.05, 0) is 55.7 Å². The number of para-hydroxylation sites is 2. The number of nitrogens with one attached hydrogen (secondary N) is 1. The number of phenols is 1. The predicted molar refractivity (Wildman–Crippen MR) is 162 cm³/mol. The minimum atomic E-state index is -4.77. The van der Waals surface area contributed by atoms with Gasteiger partial charge < -0.3 is 20.3 Å². The molecule has 43 heavy (non-hydrogen) atoms. The van der Waals surface area contributed by atoms with E-state index in [0.717, 1.165) is 62.7 Å². The molecular formula is C32H32BrF3N2O5. The summed E-state index contributed by atoms with van der Waals surface area (Å²) in [5.74, 6) is -1.10. The van der Waals surface area contributed by atoms with Crippen LogP contribution in [0.1, 0.15) is 54.4 Å². The number of amides is 1. The van der Waals surface area contributed by atoms with Crippen LogP contribution in [-0.4, -0.2) is 40.0 Å². The predicted octanol–water partition coefficient (Wildman–Crippen LogP) is 8.42. The van der Waals surface area contributed by atoms with Gasteiger partial charge in [-0.25, -0.2) is 4.98 Å². The van der Waals surface area contributed by atoms with Gasteiger partial charge in [-0.3, -0.25) is 9.59 Å². The molecule has 1 aliphatic rings. The molecule has 0 atom stereocenters. The molecule has 0 radical (unpaired) electrons. The van der Waals surface area contributed by atoms with Crippen LogP contribution < -0.4 is 10.1 Å². The molecule has 0 unspecified atom stereocenters. The van der Waals surface area contributed by atoms with Crippen molar-refractivity contribution in [2.45, 2.75) is 57.9 Å². The SMILES string of the molecule is Cc1c(-c2ccccc2)nc2ccc(Br)cc2c1C(=O)NC1CCCCCC1.O=CO.Oc1ccccc1OC(F)(F)F. The number of rotatable bonds is 4. The quantitative estimate of drug-likeness (QED) is 0.150. The second-order valence-electron chi connectivity index (χ2n) is 9.77.